The molecule has 1 fully saturated rings. The Hall–Kier alpha value is -1.62. The van der Waals surface area contributed by atoms with Crippen molar-refractivity contribution in [2.75, 3.05) is 25.0 Å². The van der Waals surface area contributed by atoms with Crippen molar-refractivity contribution < 1.29 is 0 Å². The van der Waals surface area contributed by atoms with Crippen molar-refractivity contribution >= 4 is 11.6 Å². The second-order valence-corrected chi connectivity index (χ2v) is 5.23. The fraction of sp³-hybridized carbons (Fsp3) is 0.571. The minimum absolute atomic E-state index is 0.720. The number of pyridine rings is 1. The van der Waals surface area contributed by atoms with Crippen molar-refractivity contribution in [1.29, 1.82) is 0 Å². The topological polar surface area (TPSA) is 45.5 Å². The van der Waals surface area contributed by atoms with Gasteiger partial charge in [0.15, 0.2) is 5.65 Å². The van der Waals surface area contributed by atoms with Crippen LogP contribution in [0.1, 0.15) is 25.3 Å². The highest BCUT2D eigenvalue weighted by molar-refractivity contribution is 5.45. The van der Waals surface area contributed by atoms with Crippen molar-refractivity contribution in [3.8, 4) is 0 Å². The van der Waals surface area contributed by atoms with Crippen LogP contribution < -0.4 is 5.32 Å². The normalized spacial score (nSPS) is 15.3. The van der Waals surface area contributed by atoms with Gasteiger partial charge in [0.1, 0.15) is 0 Å². The number of nitrogens with one attached hydrogen (secondary N) is 1. The Balaban J connectivity index is 1.58. The molecule has 1 aliphatic rings. The molecule has 0 aromatic carbocycles. The number of aryl methyl sites for hydroxylation is 1. The number of likely N-dealkylation sites (N-methyl/N-ethyl adjacent to an activating group) is 1. The Morgan fingerprint density at radius 1 is 1.47 bits per heavy atom. The molecule has 19 heavy (non-hydrogen) atoms. The van der Waals surface area contributed by atoms with E-state index >= 15 is 0 Å². The van der Waals surface area contributed by atoms with Gasteiger partial charge in [-0.15, -0.1) is 5.10 Å². The van der Waals surface area contributed by atoms with E-state index in [0.717, 1.165) is 37.3 Å². The van der Waals surface area contributed by atoms with E-state index in [4.69, 9.17) is 0 Å². The summed E-state index contributed by atoms with van der Waals surface area (Å²) in [6.07, 6.45) is 4.67. The summed E-state index contributed by atoms with van der Waals surface area (Å²) in [6.45, 7) is 7.39. The van der Waals surface area contributed by atoms with Crippen LogP contribution in [0.3, 0.4) is 0 Å². The van der Waals surface area contributed by atoms with Crippen molar-refractivity contribution in [2.24, 2.45) is 0 Å². The standard InChI is InChI=1S/C14H21N5/c1-3-18(12-4-5-12)9-7-15-14-16-13-10-11(2)6-8-19(13)17-14/h6,8,10,12H,3-5,7,9H2,1-2H3,(H,15,17). The summed E-state index contributed by atoms with van der Waals surface area (Å²) < 4.78 is 1.81. The van der Waals surface area contributed by atoms with E-state index in [1.54, 1.807) is 0 Å². The molecule has 2 aromatic rings. The predicted molar refractivity (Wildman–Crippen MR) is 76.5 cm³/mol. The lowest BCUT2D eigenvalue weighted by Crippen LogP contribution is -2.31. The summed E-state index contributed by atoms with van der Waals surface area (Å²) >= 11 is 0. The molecule has 0 aliphatic heterocycles. The summed E-state index contributed by atoms with van der Waals surface area (Å²) in [5.74, 6) is 0.720. The van der Waals surface area contributed by atoms with Crippen molar-refractivity contribution in [3.63, 3.8) is 0 Å². The fourth-order valence-electron chi connectivity index (χ4n) is 2.41. The van der Waals surface area contributed by atoms with Gasteiger partial charge in [0.05, 0.1) is 0 Å². The molecular weight excluding hydrogens is 238 g/mol. The lowest BCUT2D eigenvalue weighted by Gasteiger charge is -2.19. The third kappa shape index (κ3) is 2.87. The Labute approximate surface area is 113 Å². The highest BCUT2D eigenvalue weighted by Crippen LogP contribution is 2.25. The maximum Gasteiger partial charge on any atom is 0.243 e. The molecule has 102 valence electrons. The van der Waals surface area contributed by atoms with Gasteiger partial charge in [0, 0.05) is 25.3 Å². The van der Waals surface area contributed by atoms with Crippen LogP contribution in [0.25, 0.3) is 5.65 Å². The van der Waals surface area contributed by atoms with Crippen LogP contribution in [0.15, 0.2) is 18.3 Å². The first kappa shape index (κ1) is 12.4. The smallest absolute Gasteiger partial charge is 0.243 e. The minimum Gasteiger partial charge on any atom is -0.352 e. The lowest BCUT2D eigenvalue weighted by atomic mass is 10.3. The van der Waals surface area contributed by atoms with E-state index in [1.807, 2.05) is 22.8 Å². The van der Waals surface area contributed by atoms with Crippen LogP contribution >= 0.6 is 0 Å². The number of nitrogens with zero attached hydrogens (tertiary/aromatic N) is 4. The van der Waals surface area contributed by atoms with Gasteiger partial charge in [-0.25, -0.2) is 4.52 Å². The van der Waals surface area contributed by atoms with E-state index in [1.165, 1.54) is 18.4 Å². The second kappa shape index (κ2) is 5.17. The van der Waals surface area contributed by atoms with Crippen LogP contribution in [-0.2, 0) is 0 Å². The molecule has 0 amide bonds. The number of hydrogen-bond donors (Lipinski definition) is 1. The molecule has 0 radical (unpaired) electrons. The van der Waals surface area contributed by atoms with Crippen LogP contribution in [0, 0.1) is 6.92 Å². The Bertz CT molecular complexity index is 558. The monoisotopic (exact) mass is 259 g/mol. The largest absolute Gasteiger partial charge is 0.352 e. The van der Waals surface area contributed by atoms with Gasteiger partial charge in [-0.2, -0.15) is 4.98 Å². The fourth-order valence-corrected chi connectivity index (χ4v) is 2.41. The summed E-state index contributed by atoms with van der Waals surface area (Å²) in [5.41, 5.74) is 2.11. The summed E-state index contributed by atoms with van der Waals surface area (Å²) in [7, 11) is 0. The predicted octanol–water partition coefficient (Wildman–Crippen LogP) is 1.93. The van der Waals surface area contributed by atoms with Crippen LogP contribution in [0.4, 0.5) is 5.95 Å². The lowest BCUT2D eigenvalue weighted by molar-refractivity contribution is 0.289. The van der Waals surface area contributed by atoms with E-state index in [2.05, 4.69) is 34.1 Å². The molecule has 0 spiro atoms. The molecule has 2 aromatic heterocycles. The minimum atomic E-state index is 0.720. The molecule has 5 heteroatoms. The second-order valence-electron chi connectivity index (χ2n) is 5.23. The molecule has 5 nitrogen and oxygen atoms in total. The number of aromatic nitrogens is 3. The zero-order valence-corrected chi connectivity index (χ0v) is 11.6. The summed E-state index contributed by atoms with van der Waals surface area (Å²) in [4.78, 5) is 7.00. The first-order valence-electron chi connectivity index (χ1n) is 7.07. The summed E-state index contributed by atoms with van der Waals surface area (Å²) in [5, 5.41) is 7.73. The molecule has 1 N–H and O–H groups in total. The quantitative estimate of drug-likeness (QED) is 0.861. The number of fused-ring (bicyclic) bond motifs is 1. The zero-order chi connectivity index (χ0) is 13.2. The molecule has 2 heterocycles. The average molecular weight is 259 g/mol. The van der Waals surface area contributed by atoms with Gasteiger partial charge in [-0.3, -0.25) is 4.90 Å². The molecule has 1 saturated carbocycles. The molecular formula is C14H21N5. The van der Waals surface area contributed by atoms with Crippen LogP contribution in [0.2, 0.25) is 0 Å². The highest BCUT2D eigenvalue weighted by atomic mass is 15.3. The molecule has 1 aliphatic carbocycles. The van der Waals surface area contributed by atoms with Crippen molar-refractivity contribution in [2.45, 2.75) is 32.7 Å². The van der Waals surface area contributed by atoms with Crippen LogP contribution in [-0.4, -0.2) is 45.2 Å². The first-order valence-corrected chi connectivity index (χ1v) is 7.07. The maximum absolute atomic E-state index is 4.48. The van der Waals surface area contributed by atoms with E-state index in [9.17, 15) is 0 Å². The van der Waals surface area contributed by atoms with Gasteiger partial charge in [0.2, 0.25) is 5.95 Å². The number of anilines is 1. The molecule has 0 unspecified atom stereocenters. The third-order valence-corrected chi connectivity index (χ3v) is 3.64. The van der Waals surface area contributed by atoms with Gasteiger partial charge in [-0.1, -0.05) is 6.92 Å². The summed E-state index contributed by atoms with van der Waals surface area (Å²) in [6, 6.07) is 4.90. The van der Waals surface area contributed by atoms with E-state index in [0.29, 0.717) is 0 Å². The van der Waals surface area contributed by atoms with Gasteiger partial charge in [0.25, 0.3) is 0 Å². The maximum atomic E-state index is 4.48. The Morgan fingerprint density at radius 3 is 3.05 bits per heavy atom. The number of rotatable bonds is 6. The van der Waals surface area contributed by atoms with Crippen LogP contribution in [0.5, 0.6) is 0 Å². The van der Waals surface area contributed by atoms with Crippen molar-refractivity contribution in [1.82, 2.24) is 19.5 Å². The van der Waals surface area contributed by atoms with Gasteiger partial charge in [-0.05, 0) is 44.0 Å². The average Bonchev–Trinajstić information content (AvgIpc) is 3.15. The molecule has 0 saturated heterocycles. The molecule has 3 rings (SSSR count). The SMILES string of the molecule is CCN(CCNc1nc2cc(C)ccn2n1)C1CC1. The first-order chi connectivity index (χ1) is 9.26. The van der Waals surface area contributed by atoms with E-state index in [-0.39, 0.29) is 0 Å². The highest BCUT2D eigenvalue weighted by Gasteiger charge is 2.27. The zero-order valence-electron chi connectivity index (χ0n) is 11.6. The Kier molecular flexibility index (Phi) is 3.38. The molecule has 0 bridgehead atoms. The van der Waals surface area contributed by atoms with E-state index < -0.39 is 0 Å². The Morgan fingerprint density at radius 2 is 2.32 bits per heavy atom. The van der Waals surface area contributed by atoms with Gasteiger partial charge < -0.3 is 5.32 Å². The number of hydrogen-bond acceptors (Lipinski definition) is 4. The van der Waals surface area contributed by atoms with Gasteiger partial charge >= 0.3 is 0 Å². The van der Waals surface area contributed by atoms with Crippen molar-refractivity contribution in [3.05, 3.63) is 23.9 Å². The molecule has 0 atom stereocenters. The third-order valence-electron chi connectivity index (χ3n) is 3.64.